The van der Waals surface area contributed by atoms with E-state index in [1.54, 1.807) is 13.8 Å². The van der Waals surface area contributed by atoms with Crippen LogP contribution in [0, 0.1) is 5.92 Å². The van der Waals surface area contributed by atoms with Crippen LogP contribution in [0.1, 0.15) is 47.0 Å². The number of carbonyl (C=O) groups is 2. The first-order valence-corrected chi connectivity index (χ1v) is 6.15. The number of hydrogen-bond donors (Lipinski definition) is 3. The maximum Gasteiger partial charge on any atom is 0.329 e. The van der Waals surface area contributed by atoms with E-state index in [1.807, 2.05) is 13.8 Å². The summed E-state index contributed by atoms with van der Waals surface area (Å²) in [6, 6.07) is -0.656. The lowest BCUT2D eigenvalue weighted by atomic mass is 9.91. The van der Waals surface area contributed by atoms with Crippen LogP contribution in [0.25, 0.3) is 0 Å². The van der Waals surface area contributed by atoms with Gasteiger partial charge in [-0.3, -0.25) is 4.79 Å². The first-order valence-electron chi connectivity index (χ1n) is 6.15. The van der Waals surface area contributed by atoms with Crippen LogP contribution in [0.2, 0.25) is 0 Å². The number of nitrogens with one attached hydrogen (secondary N) is 1. The van der Waals surface area contributed by atoms with Crippen molar-refractivity contribution in [2.45, 2.75) is 58.5 Å². The van der Waals surface area contributed by atoms with E-state index in [9.17, 15) is 14.7 Å². The molecule has 0 aromatic heterocycles. The van der Waals surface area contributed by atoms with Gasteiger partial charge in [-0.2, -0.15) is 0 Å². The molecule has 0 bridgehead atoms. The average Bonchev–Trinajstić information content (AvgIpc) is 2.33. The molecule has 0 radical (unpaired) electrons. The highest BCUT2D eigenvalue weighted by Gasteiger charge is 2.37. The van der Waals surface area contributed by atoms with Crippen molar-refractivity contribution in [2.24, 2.45) is 11.7 Å². The Morgan fingerprint density at radius 1 is 1.29 bits per heavy atom. The van der Waals surface area contributed by atoms with E-state index >= 15 is 0 Å². The zero-order valence-electron chi connectivity index (χ0n) is 11.1. The predicted octanol–water partition coefficient (Wildman–Crippen LogP) is 1.12. The van der Waals surface area contributed by atoms with Crippen molar-refractivity contribution in [3.63, 3.8) is 0 Å². The molecule has 0 heterocycles. The fraction of sp³-hybridized carbons (Fsp3) is 0.833. The summed E-state index contributed by atoms with van der Waals surface area (Å²) in [6.07, 6.45) is 1.47. The third-order valence-electron chi connectivity index (χ3n) is 3.54. The van der Waals surface area contributed by atoms with Crippen LogP contribution in [0.3, 0.4) is 0 Å². The van der Waals surface area contributed by atoms with Gasteiger partial charge in [0.15, 0.2) is 0 Å². The maximum atomic E-state index is 11.9. The van der Waals surface area contributed by atoms with E-state index in [0.29, 0.717) is 12.8 Å². The molecule has 0 aromatic carbocycles. The van der Waals surface area contributed by atoms with Crippen molar-refractivity contribution in [2.75, 3.05) is 0 Å². The maximum absolute atomic E-state index is 11.9. The van der Waals surface area contributed by atoms with Gasteiger partial charge in [-0.05, 0) is 18.8 Å². The Morgan fingerprint density at radius 2 is 1.76 bits per heavy atom. The molecule has 1 amide bonds. The number of amides is 1. The molecule has 0 saturated carbocycles. The molecule has 2 atom stereocenters. The van der Waals surface area contributed by atoms with Crippen molar-refractivity contribution in [3.8, 4) is 0 Å². The number of nitrogens with two attached hydrogens (primary N) is 1. The Bertz CT molecular complexity index is 275. The summed E-state index contributed by atoms with van der Waals surface area (Å²) in [5.41, 5.74) is 4.59. The van der Waals surface area contributed by atoms with Crippen LogP contribution in [-0.4, -0.2) is 28.6 Å². The third-order valence-corrected chi connectivity index (χ3v) is 3.54. The van der Waals surface area contributed by atoms with Gasteiger partial charge in [-0.25, -0.2) is 4.79 Å². The Morgan fingerprint density at radius 3 is 2.06 bits per heavy atom. The first kappa shape index (κ1) is 15.9. The molecule has 0 aliphatic rings. The molecule has 5 nitrogen and oxygen atoms in total. The summed E-state index contributed by atoms with van der Waals surface area (Å²) in [7, 11) is 0. The number of rotatable bonds is 7. The van der Waals surface area contributed by atoms with E-state index in [0.717, 1.165) is 6.42 Å². The van der Waals surface area contributed by atoms with Gasteiger partial charge in [0.2, 0.25) is 5.91 Å². The molecular formula is C12H24N2O3. The van der Waals surface area contributed by atoms with Crippen molar-refractivity contribution in [1.82, 2.24) is 5.32 Å². The van der Waals surface area contributed by atoms with Crippen LogP contribution in [0.15, 0.2) is 0 Å². The number of carboxylic acid groups (broad SMARTS) is 1. The molecule has 100 valence electrons. The number of carboxylic acids is 1. The zero-order valence-corrected chi connectivity index (χ0v) is 11.1. The van der Waals surface area contributed by atoms with Gasteiger partial charge in [0.05, 0.1) is 6.04 Å². The van der Waals surface area contributed by atoms with Gasteiger partial charge in [0, 0.05) is 0 Å². The highest BCUT2D eigenvalue weighted by atomic mass is 16.4. The highest BCUT2D eigenvalue weighted by molar-refractivity contribution is 5.89. The summed E-state index contributed by atoms with van der Waals surface area (Å²) in [5, 5.41) is 11.8. The second-order valence-corrected chi connectivity index (χ2v) is 4.49. The Balaban J connectivity index is 4.79. The van der Waals surface area contributed by atoms with Gasteiger partial charge < -0.3 is 16.2 Å². The number of carbonyl (C=O) groups excluding carboxylic acids is 1. The Labute approximate surface area is 103 Å². The van der Waals surface area contributed by atoms with E-state index in [1.165, 1.54) is 0 Å². The van der Waals surface area contributed by atoms with Crippen molar-refractivity contribution < 1.29 is 14.7 Å². The summed E-state index contributed by atoms with van der Waals surface area (Å²) in [4.78, 5) is 23.1. The molecule has 4 N–H and O–H groups in total. The number of hydrogen-bond acceptors (Lipinski definition) is 3. The standard InChI is InChI=1S/C12H24N2O3/c1-5-8(4)9(13)10(15)14-12(6-2,7-3)11(16)17/h8-9H,5-7,13H2,1-4H3,(H,14,15)(H,16,17)/t8-,9-/m0/s1. The molecule has 0 aromatic rings. The summed E-state index contributed by atoms with van der Waals surface area (Å²) in [6.45, 7) is 7.31. The molecule has 0 aliphatic carbocycles. The van der Waals surface area contributed by atoms with E-state index in [2.05, 4.69) is 5.32 Å². The molecule has 5 heteroatoms. The van der Waals surface area contributed by atoms with Crippen LogP contribution in [0.4, 0.5) is 0 Å². The SMILES string of the molecule is CC[C@H](C)[C@H](N)C(=O)NC(CC)(CC)C(=O)O. The molecule has 0 fully saturated rings. The fourth-order valence-electron chi connectivity index (χ4n) is 1.61. The molecular weight excluding hydrogens is 220 g/mol. The molecule has 0 spiro atoms. The summed E-state index contributed by atoms with van der Waals surface area (Å²) < 4.78 is 0. The van der Waals surface area contributed by atoms with Gasteiger partial charge in [-0.15, -0.1) is 0 Å². The first-order chi connectivity index (χ1) is 7.84. The second kappa shape index (κ2) is 6.59. The summed E-state index contributed by atoms with van der Waals surface area (Å²) in [5.74, 6) is -1.35. The minimum Gasteiger partial charge on any atom is -0.480 e. The van der Waals surface area contributed by atoms with Crippen LogP contribution < -0.4 is 11.1 Å². The van der Waals surface area contributed by atoms with Crippen molar-refractivity contribution in [1.29, 1.82) is 0 Å². The van der Waals surface area contributed by atoms with Gasteiger partial charge in [-0.1, -0.05) is 34.1 Å². The van der Waals surface area contributed by atoms with Crippen LogP contribution in [0.5, 0.6) is 0 Å². The molecule has 17 heavy (non-hydrogen) atoms. The Hall–Kier alpha value is -1.10. The third kappa shape index (κ3) is 3.70. The van der Waals surface area contributed by atoms with E-state index < -0.39 is 17.6 Å². The topological polar surface area (TPSA) is 92.4 Å². The Kier molecular flexibility index (Phi) is 6.16. The summed E-state index contributed by atoms with van der Waals surface area (Å²) >= 11 is 0. The zero-order chi connectivity index (χ0) is 13.6. The van der Waals surface area contributed by atoms with Crippen molar-refractivity contribution in [3.05, 3.63) is 0 Å². The smallest absolute Gasteiger partial charge is 0.329 e. The molecule has 0 aliphatic heterocycles. The van der Waals surface area contributed by atoms with Gasteiger partial charge >= 0.3 is 5.97 Å². The van der Waals surface area contributed by atoms with E-state index in [4.69, 9.17) is 5.73 Å². The number of aliphatic carboxylic acids is 1. The average molecular weight is 244 g/mol. The minimum atomic E-state index is -1.19. The largest absolute Gasteiger partial charge is 0.480 e. The fourth-order valence-corrected chi connectivity index (χ4v) is 1.61. The van der Waals surface area contributed by atoms with Crippen LogP contribution in [-0.2, 0) is 9.59 Å². The van der Waals surface area contributed by atoms with Crippen molar-refractivity contribution >= 4 is 11.9 Å². The normalized spacial score (nSPS) is 15.1. The molecule has 0 rings (SSSR count). The minimum absolute atomic E-state index is 0.0372. The van der Waals surface area contributed by atoms with Crippen LogP contribution >= 0.6 is 0 Å². The van der Waals surface area contributed by atoms with Gasteiger partial charge in [0.25, 0.3) is 0 Å². The molecule has 0 unspecified atom stereocenters. The molecule has 0 saturated heterocycles. The lowest BCUT2D eigenvalue weighted by Crippen LogP contribution is -2.58. The van der Waals surface area contributed by atoms with Gasteiger partial charge in [0.1, 0.15) is 5.54 Å². The lowest BCUT2D eigenvalue weighted by molar-refractivity contribution is -0.148. The quantitative estimate of drug-likeness (QED) is 0.625. The highest BCUT2D eigenvalue weighted by Crippen LogP contribution is 2.16. The lowest BCUT2D eigenvalue weighted by Gasteiger charge is -2.30. The van der Waals surface area contributed by atoms with E-state index in [-0.39, 0.29) is 11.8 Å². The monoisotopic (exact) mass is 244 g/mol. The second-order valence-electron chi connectivity index (χ2n) is 4.49. The predicted molar refractivity (Wildman–Crippen MR) is 66.5 cm³/mol.